The molecule has 1 aliphatic rings. The Morgan fingerprint density at radius 3 is 2.84 bits per heavy atom. The quantitative estimate of drug-likeness (QED) is 0.214. The summed E-state index contributed by atoms with van der Waals surface area (Å²) in [6.07, 6.45) is 6.98. The number of aromatic nitrogens is 4. The number of carbonyl (C=O) groups is 1. The largest absolute Gasteiger partial charge is 0.475 e. The van der Waals surface area contributed by atoms with Crippen molar-refractivity contribution in [1.82, 2.24) is 24.5 Å². The highest BCUT2D eigenvalue weighted by atomic mass is 32.1. The first-order valence-corrected chi connectivity index (χ1v) is 14.4. The SMILES string of the molecule is CCN(CC)[C@@H](C)CCC(=O)c1cc(OC[C@H]2CCCO2)nc(-c2cnn3ccc(-c4cccs4)nc23)c1. The minimum absolute atomic E-state index is 0.0570. The van der Waals surface area contributed by atoms with Gasteiger partial charge in [-0.25, -0.2) is 14.5 Å². The van der Waals surface area contributed by atoms with Crippen LogP contribution in [0, 0.1) is 0 Å². The van der Waals surface area contributed by atoms with Crippen molar-refractivity contribution in [3.05, 3.63) is 53.7 Å². The van der Waals surface area contributed by atoms with Gasteiger partial charge in [0.05, 0.1) is 34.1 Å². The van der Waals surface area contributed by atoms with Gasteiger partial charge in [0.2, 0.25) is 5.88 Å². The summed E-state index contributed by atoms with van der Waals surface area (Å²) < 4.78 is 13.5. The van der Waals surface area contributed by atoms with E-state index in [-0.39, 0.29) is 11.9 Å². The molecule has 4 aromatic heterocycles. The molecule has 0 spiro atoms. The number of thiophene rings is 1. The summed E-state index contributed by atoms with van der Waals surface area (Å²) in [5.41, 5.74) is 3.55. The fourth-order valence-corrected chi connectivity index (χ4v) is 5.65. The number of rotatable bonds is 12. The van der Waals surface area contributed by atoms with Gasteiger partial charge in [-0.15, -0.1) is 11.3 Å². The Morgan fingerprint density at radius 1 is 1.24 bits per heavy atom. The van der Waals surface area contributed by atoms with Crippen LogP contribution < -0.4 is 4.74 Å². The van der Waals surface area contributed by atoms with E-state index >= 15 is 0 Å². The van der Waals surface area contributed by atoms with Crippen molar-refractivity contribution in [1.29, 1.82) is 0 Å². The van der Waals surface area contributed by atoms with Gasteiger partial charge in [0, 0.05) is 36.9 Å². The molecule has 0 amide bonds. The number of nitrogens with zero attached hydrogens (tertiary/aromatic N) is 5. The number of fused-ring (bicyclic) bond motifs is 1. The average Bonchev–Trinajstić information content (AvgIpc) is 3.73. The van der Waals surface area contributed by atoms with Gasteiger partial charge in [0.25, 0.3) is 0 Å². The van der Waals surface area contributed by atoms with Crippen LogP contribution >= 0.6 is 11.3 Å². The summed E-state index contributed by atoms with van der Waals surface area (Å²) in [6, 6.07) is 9.96. The molecule has 9 heteroatoms. The lowest BCUT2D eigenvalue weighted by molar-refractivity contribution is 0.0663. The zero-order valence-corrected chi connectivity index (χ0v) is 23.1. The highest BCUT2D eigenvalue weighted by molar-refractivity contribution is 7.13. The lowest BCUT2D eigenvalue weighted by atomic mass is 10.0. The first-order chi connectivity index (χ1) is 18.6. The normalized spacial score (nSPS) is 16.4. The van der Waals surface area contributed by atoms with Gasteiger partial charge in [-0.3, -0.25) is 4.79 Å². The topological polar surface area (TPSA) is 81.9 Å². The third kappa shape index (κ3) is 5.95. The van der Waals surface area contributed by atoms with Crippen LogP contribution in [0.5, 0.6) is 5.88 Å². The summed E-state index contributed by atoms with van der Waals surface area (Å²) >= 11 is 1.64. The smallest absolute Gasteiger partial charge is 0.214 e. The minimum Gasteiger partial charge on any atom is -0.475 e. The molecule has 1 aliphatic heterocycles. The summed E-state index contributed by atoms with van der Waals surface area (Å²) in [6.45, 7) is 9.62. The number of carbonyl (C=O) groups excluding carboxylic acids is 1. The van der Waals surface area contributed by atoms with Crippen LogP contribution in [0.2, 0.25) is 0 Å². The van der Waals surface area contributed by atoms with Crippen molar-refractivity contribution < 1.29 is 14.3 Å². The maximum absolute atomic E-state index is 13.4. The second-order valence-electron chi connectivity index (χ2n) is 9.67. The first kappa shape index (κ1) is 26.5. The molecule has 4 aromatic rings. The van der Waals surface area contributed by atoms with E-state index < -0.39 is 0 Å². The van der Waals surface area contributed by atoms with Gasteiger partial charge in [0.1, 0.15) is 6.61 Å². The van der Waals surface area contributed by atoms with Crippen molar-refractivity contribution >= 4 is 22.8 Å². The van der Waals surface area contributed by atoms with Crippen LogP contribution in [0.15, 0.2) is 48.1 Å². The van der Waals surface area contributed by atoms with E-state index in [9.17, 15) is 4.79 Å². The van der Waals surface area contributed by atoms with Crippen molar-refractivity contribution in [3.8, 4) is 27.7 Å². The van der Waals surface area contributed by atoms with E-state index in [1.807, 2.05) is 35.8 Å². The highest BCUT2D eigenvalue weighted by Gasteiger charge is 2.20. The fraction of sp³-hybridized carbons (Fsp3) is 0.448. The molecular formula is C29H35N5O3S. The molecule has 200 valence electrons. The molecule has 38 heavy (non-hydrogen) atoms. The van der Waals surface area contributed by atoms with Gasteiger partial charge in [0.15, 0.2) is 11.4 Å². The van der Waals surface area contributed by atoms with Gasteiger partial charge in [-0.1, -0.05) is 19.9 Å². The Balaban J connectivity index is 1.46. The molecule has 0 bridgehead atoms. The Labute approximate surface area is 227 Å². The second-order valence-corrected chi connectivity index (χ2v) is 10.6. The summed E-state index contributed by atoms with van der Waals surface area (Å²) in [4.78, 5) is 26.5. The third-order valence-corrected chi connectivity index (χ3v) is 8.10. The maximum atomic E-state index is 13.4. The van der Waals surface area contributed by atoms with Crippen LogP contribution in [-0.4, -0.2) is 68.7 Å². The molecule has 8 nitrogen and oxygen atoms in total. The molecule has 5 rings (SSSR count). The summed E-state index contributed by atoms with van der Waals surface area (Å²) in [5, 5.41) is 6.53. The molecule has 0 unspecified atom stereocenters. The van der Waals surface area contributed by atoms with Gasteiger partial charge in [-0.2, -0.15) is 5.10 Å². The zero-order valence-electron chi connectivity index (χ0n) is 22.3. The number of pyridine rings is 1. The van der Waals surface area contributed by atoms with E-state index in [4.69, 9.17) is 19.4 Å². The van der Waals surface area contributed by atoms with E-state index in [2.05, 4.69) is 30.8 Å². The molecule has 5 heterocycles. The Bertz CT molecular complexity index is 1360. The highest BCUT2D eigenvalue weighted by Crippen LogP contribution is 2.29. The van der Waals surface area contributed by atoms with E-state index in [0.717, 1.165) is 55.1 Å². The Hall–Kier alpha value is -3.14. The molecule has 0 N–H and O–H groups in total. The van der Waals surface area contributed by atoms with Crippen molar-refractivity contribution in [3.63, 3.8) is 0 Å². The molecule has 0 radical (unpaired) electrons. The number of hydrogen-bond donors (Lipinski definition) is 0. The molecule has 0 aliphatic carbocycles. The number of hydrogen-bond acceptors (Lipinski definition) is 8. The van der Waals surface area contributed by atoms with E-state index in [1.165, 1.54) is 0 Å². The minimum atomic E-state index is 0.0570. The Kier molecular flexibility index (Phi) is 8.46. The predicted octanol–water partition coefficient (Wildman–Crippen LogP) is 5.77. The molecule has 0 aromatic carbocycles. The predicted molar refractivity (Wildman–Crippen MR) is 150 cm³/mol. The zero-order chi connectivity index (χ0) is 26.5. The molecule has 2 atom stereocenters. The second kappa shape index (κ2) is 12.1. The van der Waals surface area contributed by atoms with E-state index in [1.54, 1.807) is 28.1 Å². The molecule has 0 saturated carbocycles. The van der Waals surface area contributed by atoms with Crippen molar-refractivity contribution in [2.24, 2.45) is 0 Å². The number of ether oxygens (including phenoxy) is 2. The third-order valence-electron chi connectivity index (χ3n) is 7.21. The molecular weight excluding hydrogens is 498 g/mol. The van der Waals surface area contributed by atoms with Gasteiger partial charge in [-0.05, 0) is 62.9 Å². The van der Waals surface area contributed by atoms with Gasteiger partial charge >= 0.3 is 0 Å². The lowest BCUT2D eigenvalue weighted by Crippen LogP contribution is -2.33. The van der Waals surface area contributed by atoms with Gasteiger partial charge < -0.3 is 14.4 Å². The molecule has 1 fully saturated rings. The summed E-state index contributed by atoms with van der Waals surface area (Å²) in [5.74, 6) is 0.505. The lowest BCUT2D eigenvalue weighted by Gasteiger charge is -2.26. The molecule has 1 saturated heterocycles. The number of ketones is 1. The van der Waals surface area contributed by atoms with E-state index in [0.29, 0.717) is 41.9 Å². The van der Waals surface area contributed by atoms with Crippen molar-refractivity contribution in [2.75, 3.05) is 26.3 Å². The van der Waals surface area contributed by atoms with Crippen LogP contribution in [0.3, 0.4) is 0 Å². The van der Waals surface area contributed by atoms with Crippen LogP contribution in [-0.2, 0) is 4.74 Å². The Morgan fingerprint density at radius 2 is 2.11 bits per heavy atom. The number of Topliss-reactive ketones (excluding diaryl/α,β-unsaturated/α-hetero) is 1. The monoisotopic (exact) mass is 533 g/mol. The van der Waals surface area contributed by atoms with Crippen LogP contribution in [0.4, 0.5) is 0 Å². The van der Waals surface area contributed by atoms with Crippen LogP contribution in [0.25, 0.3) is 27.5 Å². The average molecular weight is 534 g/mol. The van der Waals surface area contributed by atoms with Crippen molar-refractivity contribution in [2.45, 2.75) is 58.6 Å². The standard InChI is InChI=1S/C29H35N5O3S/c1-4-33(5-2)20(3)10-11-26(35)21-16-25(31-28(17-21)37-19-22-8-6-14-36-22)23-18-30-34-13-12-24(32-29(23)34)27-9-7-15-38-27/h7,9,12-13,15-18,20,22H,4-6,8,10-11,14,19H2,1-3H3/t20-,22+/m0/s1. The summed E-state index contributed by atoms with van der Waals surface area (Å²) in [7, 11) is 0. The first-order valence-electron chi connectivity index (χ1n) is 13.5. The fourth-order valence-electron chi connectivity index (χ4n) is 4.96. The maximum Gasteiger partial charge on any atom is 0.214 e. The van der Waals surface area contributed by atoms with Crippen LogP contribution in [0.1, 0.15) is 56.8 Å².